The van der Waals surface area contributed by atoms with E-state index >= 15 is 0 Å². The summed E-state index contributed by atoms with van der Waals surface area (Å²) >= 11 is 0. The zero-order valence-electron chi connectivity index (χ0n) is 13.3. The van der Waals surface area contributed by atoms with Gasteiger partial charge >= 0.3 is 0 Å². The van der Waals surface area contributed by atoms with Gasteiger partial charge in [-0.2, -0.15) is 0 Å². The third kappa shape index (κ3) is 3.01. The van der Waals surface area contributed by atoms with Crippen molar-refractivity contribution in [2.75, 3.05) is 18.0 Å². The van der Waals surface area contributed by atoms with Gasteiger partial charge in [-0.1, -0.05) is 32.0 Å². The van der Waals surface area contributed by atoms with Crippen molar-refractivity contribution < 1.29 is 0 Å². The van der Waals surface area contributed by atoms with Gasteiger partial charge in [-0.15, -0.1) is 0 Å². The fraction of sp³-hybridized carbons (Fsp3) is 0.667. The van der Waals surface area contributed by atoms with Crippen molar-refractivity contribution in [2.45, 2.75) is 52.0 Å². The first-order chi connectivity index (χ1) is 9.63. The summed E-state index contributed by atoms with van der Waals surface area (Å²) in [5.74, 6) is 1.68. The molecule has 1 aromatic carbocycles. The van der Waals surface area contributed by atoms with Crippen LogP contribution in [0.15, 0.2) is 30.3 Å². The van der Waals surface area contributed by atoms with Crippen molar-refractivity contribution in [3.05, 3.63) is 30.3 Å². The van der Waals surface area contributed by atoms with Crippen molar-refractivity contribution >= 4 is 5.69 Å². The van der Waals surface area contributed by atoms with Crippen molar-refractivity contribution in [3.63, 3.8) is 0 Å². The van der Waals surface area contributed by atoms with Crippen molar-refractivity contribution in [2.24, 2.45) is 17.6 Å². The average molecular weight is 274 g/mol. The van der Waals surface area contributed by atoms with Gasteiger partial charge in [0.2, 0.25) is 0 Å². The van der Waals surface area contributed by atoms with Gasteiger partial charge in [0.1, 0.15) is 0 Å². The molecule has 0 saturated heterocycles. The van der Waals surface area contributed by atoms with Crippen LogP contribution in [0.3, 0.4) is 0 Å². The average Bonchev–Trinajstić information content (AvgIpc) is 2.49. The minimum atomic E-state index is 0.168. The Hall–Kier alpha value is -1.02. The van der Waals surface area contributed by atoms with Crippen LogP contribution in [-0.4, -0.2) is 18.6 Å². The highest BCUT2D eigenvalue weighted by atomic mass is 15.2. The number of para-hydroxylation sites is 1. The molecule has 2 heteroatoms. The van der Waals surface area contributed by atoms with Gasteiger partial charge in [0, 0.05) is 18.8 Å². The number of hydrogen-bond donors (Lipinski definition) is 1. The molecular formula is C18H30N2. The number of anilines is 1. The summed E-state index contributed by atoms with van der Waals surface area (Å²) in [5, 5.41) is 0. The van der Waals surface area contributed by atoms with Crippen LogP contribution in [-0.2, 0) is 0 Å². The number of nitrogens with zero attached hydrogens (tertiary/aromatic N) is 1. The SMILES string of the molecule is CCN(c1ccccc1)C1(CN)CCC(C(C)C)CC1. The Morgan fingerprint density at radius 3 is 2.25 bits per heavy atom. The topological polar surface area (TPSA) is 29.3 Å². The molecule has 2 N–H and O–H groups in total. The molecule has 0 amide bonds. The lowest BCUT2D eigenvalue weighted by molar-refractivity contribution is 0.191. The molecule has 1 fully saturated rings. The molecule has 0 bridgehead atoms. The number of rotatable bonds is 5. The lowest BCUT2D eigenvalue weighted by Gasteiger charge is -2.49. The zero-order valence-corrected chi connectivity index (χ0v) is 13.3. The first kappa shape index (κ1) is 15.4. The van der Waals surface area contributed by atoms with Crippen molar-refractivity contribution in [1.29, 1.82) is 0 Å². The molecule has 0 atom stereocenters. The third-order valence-electron chi connectivity index (χ3n) is 5.24. The minimum absolute atomic E-state index is 0.168. The predicted molar refractivity (Wildman–Crippen MR) is 88.0 cm³/mol. The minimum Gasteiger partial charge on any atom is -0.365 e. The van der Waals surface area contributed by atoms with E-state index in [1.54, 1.807) is 0 Å². The summed E-state index contributed by atoms with van der Waals surface area (Å²) in [6, 6.07) is 10.8. The van der Waals surface area contributed by atoms with Crippen molar-refractivity contribution in [1.82, 2.24) is 0 Å². The Labute approximate surface area is 124 Å². The van der Waals surface area contributed by atoms with Crippen LogP contribution in [0.5, 0.6) is 0 Å². The second-order valence-corrected chi connectivity index (χ2v) is 6.59. The van der Waals surface area contributed by atoms with Gasteiger partial charge in [0.15, 0.2) is 0 Å². The molecule has 0 aromatic heterocycles. The molecule has 0 radical (unpaired) electrons. The van der Waals surface area contributed by atoms with E-state index in [0.29, 0.717) is 0 Å². The highest BCUT2D eigenvalue weighted by Gasteiger charge is 2.39. The maximum absolute atomic E-state index is 6.23. The monoisotopic (exact) mass is 274 g/mol. The third-order valence-corrected chi connectivity index (χ3v) is 5.24. The molecule has 0 aliphatic heterocycles. The van der Waals surface area contributed by atoms with Gasteiger partial charge in [0.25, 0.3) is 0 Å². The van der Waals surface area contributed by atoms with Crippen molar-refractivity contribution in [3.8, 4) is 0 Å². The van der Waals surface area contributed by atoms with E-state index in [1.165, 1.54) is 31.4 Å². The maximum Gasteiger partial charge on any atom is 0.0524 e. The highest BCUT2D eigenvalue weighted by Crippen LogP contribution is 2.40. The molecule has 1 aliphatic rings. The molecule has 1 aromatic rings. The molecule has 0 heterocycles. The summed E-state index contributed by atoms with van der Waals surface area (Å²) < 4.78 is 0. The Morgan fingerprint density at radius 2 is 1.80 bits per heavy atom. The number of hydrogen-bond acceptors (Lipinski definition) is 2. The largest absolute Gasteiger partial charge is 0.365 e. The number of nitrogens with two attached hydrogens (primary N) is 1. The van der Waals surface area contributed by atoms with E-state index in [2.05, 4.69) is 56.0 Å². The summed E-state index contributed by atoms with van der Waals surface area (Å²) in [5.41, 5.74) is 7.72. The van der Waals surface area contributed by atoms with E-state index < -0.39 is 0 Å². The van der Waals surface area contributed by atoms with Gasteiger partial charge in [-0.3, -0.25) is 0 Å². The van der Waals surface area contributed by atoms with Gasteiger partial charge in [-0.25, -0.2) is 0 Å². The molecular weight excluding hydrogens is 244 g/mol. The van der Waals surface area contributed by atoms with Crippen LogP contribution in [0.2, 0.25) is 0 Å². The van der Waals surface area contributed by atoms with Crippen LogP contribution in [0.25, 0.3) is 0 Å². The molecule has 20 heavy (non-hydrogen) atoms. The van der Waals surface area contributed by atoms with Gasteiger partial charge in [-0.05, 0) is 56.6 Å². The molecule has 1 saturated carbocycles. The Kier molecular flexibility index (Phi) is 5.09. The first-order valence-corrected chi connectivity index (χ1v) is 8.15. The fourth-order valence-electron chi connectivity index (χ4n) is 3.83. The van der Waals surface area contributed by atoms with E-state index in [0.717, 1.165) is 24.9 Å². The number of benzene rings is 1. The molecule has 0 unspecified atom stereocenters. The van der Waals surface area contributed by atoms with Crippen LogP contribution < -0.4 is 10.6 Å². The molecule has 112 valence electrons. The predicted octanol–water partition coefficient (Wildman–Crippen LogP) is 4.06. The Bertz CT molecular complexity index is 391. The first-order valence-electron chi connectivity index (χ1n) is 8.15. The number of likely N-dealkylation sites (N-methyl/N-ethyl adjacent to an activating group) is 1. The summed E-state index contributed by atoms with van der Waals surface area (Å²) in [6.45, 7) is 8.76. The molecule has 2 nitrogen and oxygen atoms in total. The maximum atomic E-state index is 6.23. The second-order valence-electron chi connectivity index (χ2n) is 6.59. The molecule has 2 rings (SSSR count). The highest BCUT2D eigenvalue weighted by molar-refractivity contribution is 5.49. The zero-order chi connectivity index (χ0) is 14.6. The normalized spacial score (nSPS) is 26.8. The van der Waals surface area contributed by atoms with Crippen LogP contribution >= 0.6 is 0 Å². The Balaban J connectivity index is 2.18. The molecule has 0 spiro atoms. The van der Waals surface area contributed by atoms with Gasteiger partial charge < -0.3 is 10.6 Å². The van der Waals surface area contributed by atoms with Gasteiger partial charge in [0.05, 0.1) is 5.54 Å². The van der Waals surface area contributed by atoms with E-state index in [9.17, 15) is 0 Å². The van der Waals surface area contributed by atoms with E-state index in [1.807, 2.05) is 0 Å². The molecule has 1 aliphatic carbocycles. The Morgan fingerprint density at radius 1 is 1.20 bits per heavy atom. The summed E-state index contributed by atoms with van der Waals surface area (Å²) in [6.07, 6.45) is 5.10. The summed E-state index contributed by atoms with van der Waals surface area (Å²) in [7, 11) is 0. The standard InChI is InChI=1S/C18H30N2/c1-4-20(17-8-6-5-7-9-17)18(14-19)12-10-16(11-13-18)15(2)3/h5-9,15-16H,4,10-14,19H2,1-3H3. The lowest BCUT2D eigenvalue weighted by Crippen LogP contribution is -2.56. The van der Waals surface area contributed by atoms with E-state index in [-0.39, 0.29) is 5.54 Å². The van der Waals surface area contributed by atoms with Crippen LogP contribution in [0.1, 0.15) is 46.5 Å². The lowest BCUT2D eigenvalue weighted by atomic mass is 9.72. The van der Waals surface area contributed by atoms with Crippen LogP contribution in [0, 0.1) is 11.8 Å². The van der Waals surface area contributed by atoms with E-state index in [4.69, 9.17) is 5.73 Å². The van der Waals surface area contributed by atoms with Crippen LogP contribution in [0.4, 0.5) is 5.69 Å². The summed E-state index contributed by atoms with van der Waals surface area (Å²) in [4.78, 5) is 2.55. The fourth-order valence-corrected chi connectivity index (χ4v) is 3.83. The second kappa shape index (κ2) is 6.62. The quantitative estimate of drug-likeness (QED) is 0.877. The smallest absolute Gasteiger partial charge is 0.0524 e.